The Morgan fingerprint density at radius 3 is 2.71 bits per heavy atom. The molecule has 0 radical (unpaired) electrons. The maximum Gasteiger partial charge on any atom is 0.303 e. The number of carboxylic acid groups (broad SMARTS) is 1. The van der Waals surface area contributed by atoms with Crippen LogP contribution in [-0.2, 0) is 9.59 Å². The molecule has 1 aliphatic carbocycles. The zero-order valence-corrected chi connectivity index (χ0v) is 15.8. The van der Waals surface area contributed by atoms with Crippen molar-refractivity contribution in [2.45, 2.75) is 44.3 Å². The Hall–Kier alpha value is -2.44. The lowest BCUT2D eigenvalue weighted by molar-refractivity contribution is -0.137. The standard InChI is InChI=1S/C22H28O6/c23-16(15-28-17-8-4-3-5-9-17)12-13-19-18(20(24)14-21(19)25)10-6-1-2-7-11-22(26)27/h1,3-6,8-9,12-13,16,18-19,21,23,25H,2,7,10-11,14-15H2,(H,26,27)/b6-1+,13-12+/t16-,18?,19-,21-/m1/s1. The number of carboxylic acids is 1. The van der Waals surface area contributed by atoms with Crippen molar-refractivity contribution in [3.05, 3.63) is 54.6 Å². The van der Waals surface area contributed by atoms with Gasteiger partial charge in [0.05, 0.1) is 6.10 Å². The van der Waals surface area contributed by atoms with Gasteiger partial charge < -0.3 is 20.1 Å². The largest absolute Gasteiger partial charge is 0.491 e. The normalized spacial score (nSPS) is 23.5. The molecule has 2 rings (SSSR count). The predicted octanol–water partition coefficient (Wildman–Crippen LogP) is 2.75. The van der Waals surface area contributed by atoms with Gasteiger partial charge in [0.25, 0.3) is 0 Å². The van der Waals surface area contributed by atoms with E-state index in [1.807, 2.05) is 30.4 Å². The third-order valence-electron chi connectivity index (χ3n) is 4.77. The Bertz CT molecular complexity index is 682. The Labute approximate surface area is 165 Å². The minimum absolute atomic E-state index is 0.00682. The Balaban J connectivity index is 1.82. The number of carbonyl (C=O) groups is 2. The highest BCUT2D eigenvalue weighted by Gasteiger charge is 2.39. The molecule has 28 heavy (non-hydrogen) atoms. The average molecular weight is 388 g/mol. The first kappa shape index (κ1) is 21.9. The van der Waals surface area contributed by atoms with E-state index in [0.717, 1.165) is 0 Å². The number of hydrogen-bond acceptors (Lipinski definition) is 5. The van der Waals surface area contributed by atoms with Crippen LogP contribution in [0.3, 0.4) is 0 Å². The highest BCUT2D eigenvalue weighted by Crippen LogP contribution is 2.33. The fraction of sp³-hybridized carbons (Fsp3) is 0.455. The second kappa shape index (κ2) is 11.4. The van der Waals surface area contributed by atoms with Gasteiger partial charge in [0, 0.05) is 24.7 Å². The first-order valence-electron chi connectivity index (χ1n) is 9.59. The monoisotopic (exact) mass is 388 g/mol. The van der Waals surface area contributed by atoms with Crippen molar-refractivity contribution in [3.8, 4) is 5.75 Å². The van der Waals surface area contributed by atoms with Gasteiger partial charge in [0.15, 0.2) is 0 Å². The van der Waals surface area contributed by atoms with Crippen molar-refractivity contribution in [1.82, 2.24) is 0 Å². The number of allylic oxidation sites excluding steroid dienone is 2. The zero-order valence-electron chi connectivity index (χ0n) is 15.8. The van der Waals surface area contributed by atoms with Gasteiger partial charge in [-0.1, -0.05) is 42.5 Å². The Kier molecular flexibility index (Phi) is 8.91. The molecule has 1 saturated carbocycles. The summed E-state index contributed by atoms with van der Waals surface area (Å²) in [6.45, 7) is 0.0887. The van der Waals surface area contributed by atoms with Gasteiger partial charge in [0.1, 0.15) is 24.2 Å². The summed E-state index contributed by atoms with van der Waals surface area (Å²) in [4.78, 5) is 22.7. The lowest BCUT2D eigenvalue weighted by Crippen LogP contribution is -2.20. The number of hydrogen-bond donors (Lipinski definition) is 3. The second-order valence-corrected chi connectivity index (χ2v) is 6.99. The summed E-state index contributed by atoms with van der Waals surface area (Å²) in [7, 11) is 0. The summed E-state index contributed by atoms with van der Waals surface area (Å²) in [5.74, 6) is -0.821. The summed E-state index contributed by atoms with van der Waals surface area (Å²) in [5.41, 5.74) is 0. The van der Waals surface area contributed by atoms with E-state index in [1.54, 1.807) is 24.3 Å². The number of unbranched alkanes of at least 4 members (excludes halogenated alkanes) is 1. The number of para-hydroxylation sites is 1. The molecule has 152 valence electrons. The maximum atomic E-state index is 12.2. The fourth-order valence-corrected chi connectivity index (χ4v) is 3.27. The summed E-state index contributed by atoms with van der Waals surface area (Å²) in [6.07, 6.45) is 7.37. The molecule has 0 aliphatic heterocycles. The predicted molar refractivity (Wildman–Crippen MR) is 105 cm³/mol. The Morgan fingerprint density at radius 1 is 1.25 bits per heavy atom. The molecule has 1 aliphatic rings. The fourth-order valence-electron chi connectivity index (χ4n) is 3.27. The van der Waals surface area contributed by atoms with Crippen molar-refractivity contribution in [3.63, 3.8) is 0 Å². The number of ketones is 1. The molecule has 0 aromatic heterocycles. The SMILES string of the molecule is O=C(O)CCC/C=C/CC1C(=O)C[C@@H](O)[C@@H]1/C=C/[C@@H](O)COc1ccccc1. The van der Waals surface area contributed by atoms with E-state index >= 15 is 0 Å². The smallest absolute Gasteiger partial charge is 0.303 e. The molecule has 0 amide bonds. The van der Waals surface area contributed by atoms with Gasteiger partial charge in [-0.05, 0) is 31.4 Å². The van der Waals surface area contributed by atoms with Crippen LogP contribution in [0.4, 0.5) is 0 Å². The highest BCUT2D eigenvalue weighted by atomic mass is 16.5. The quantitative estimate of drug-likeness (QED) is 0.398. The topological polar surface area (TPSA) is 104 Å². The van der Waals surface area contributed by atoms with Crippen LogP contribution in [0.15, 0.2) is 54.6 Å². The van der Waals surface area contributed by atoms with Crippen LogP contribution >= 0.6 is 0 Å². The molecule has 1 aromatic rings. The number of aliphatic hydroxyl groups excluding tert-OH is 2. The van der Waals surface area contributed by atoms with Crippen molar-refractivity contribution >= 4 is 11.8 Å². The average Bonchev–Trinajstić information content (AvgIpc) is 2.94. The van der Waals surface area contributed by atoms with E-state index in [2.05, 4.69) is 0 Å². The lowest BCUT2D eigenvalue weighted by atomic mass is 9.90. The third-order valence-corrected chi connectivity index (χ3v) is 4.77. The number of Topliss-reactive ketones (excluding diaryl/α,β-unsaturated/α-hetero) is 1. The molecule has 1 aromatic carbocycles. The molecule has 4 atom stereocenters. The molecule has 0 heterocycles. The molecule has 1 unspecified atom stereocenters. The van der Waals surface area contributed by atoms with E-state index in [1.165, 1.54) is 0 Å². The van der Waals surface area contributed by atoms with E-state index in [9.17, 15) is 19.8 Å². The minimum Gasteiger partial charge on any atom is -0.491 e. The number of carbonyl (C=O) groups excluding carboxylic acids is 1. The molecule has 3 N–H and O–H groups in total. The second-order valence-electron chi connectivity index (χ2n) is 6.99. The van der Waals surface area contributed by atoms with Crippen molar-refractivity contribution in [2.75, 3.05) is 6.61 Å². The number of aliphatic hydroxyl groups is 2. The van der Waals surface area contributed by atoms with Crippen molar-refractivity contribution in [1.29, 1.82) is 0 Å². The van der Waals surface area contributed by atoms with Crippen molar-refractivity contribution < 1.29 is 29.6 Å². The summed E-state index contributed by atoms with van der Waals surface area (Å²) < 4.78 is 5.49. The van der Waals surface area contributed by atoms with E-state index in [4.69, 9.17) is 9.84 Å². The molecule has 6 heteroatoms. The third kappa shape index (κ3) is 7.29. The summed E-state index contributed by atoms with van der Waals surface area (Å²) >= 11 is 0. The first-order valence-corrected chi connectivity index (χ1v) is 9.59. The molecular formula is C22H28O6. The number of ether oxygens (including phenoxy) is 1. The summed E-state index contributed by atoms with van der Waals surface area (Å²) in [6, 6.07) is 9.17. The van der Waals surface area contributed by atoms with Crippen LogP contribution in [-0.4, -0.2) is 45.9 Å². The van der Waals surface area contributed by atoms with Gasteiger partial charge >= 0.3 is 5.97 Å². The van der Waals surface area contributed by atoms with Crippen LogP contribution in [0, 0.1) is 11.8 Å². The maximum absolute atomic E-state index is 12.2. The molecule has 0 spiro atoms. The molecular weight excluding hydrogens is 360 g/mol. The number of benzene rings is 1. The molecule has 0 bridgehead atoms. The van der Waals surface area contributed by atoms with Crippen LogP contribution in [0.5, 0.6) is 5.75 Å². The first-order chi connectivity index (χ1) is 13.5. The Morgan fingerprint density at radius 2 is 2.00 bits per heavy atom. The number of rotatable bonds is 11. The van der Waals surface area contributed by atoms with Gasteiger partial charge in [0.2, 0.25) is 0 Å². The molecule has 1 fully saturated rings. The van der Waals surface area contributed by atoms with Crippen molar-refractivity contribution in [2.24, 2.45) is 11.8 Å². The number of aliphatic carboxylic acids is 1. The van der Waals surface area contributed by atoms with Crippen LogP contribution in [0.2, 0.25) is 0 Å². The van der Waals surface area contributed by atoms with E-state index in [0.29, 0.717) is 25.0 Å². The van der Waals surface area contributed by atoms with Crippen LogP contribution in [0.25, 0.3) is 0 Å². The molecule has 6 nitrogen and oxygen atoms in total. The van der Waals surface area contributed by atoms with E-state index < -0.39 is 18.2 Å². The van der Waals surface area contributed by atoms with Gasteiger partial charge in [-0.2, -0.15) is 0 Å². The minimum atomic E-state index is -0.838. The van der Waals surface area contributed by atoms with Gasteiger partial charge in [-0.3, -0.25) is 9.59 Å². The highest BCUT2D eigenvalue weighted by molar-refractivity contribution is 5.84. The van der Waals surface area contributed by atoms with Gasteiger partial charge in [-0.25, -0.2) is 0 Å². The molecule has 0 saturated heterocycles. The van der Waals surface area contributed by atoms with Gasteiger partial charge in [-0.15, -0.1) is 0 Å². The summed E-state index contributed by atoms with van der Waals surface area (Å²) in [5, 5.41) is 28.9. The van der Waals surface area contributed by atoms with Crippen LogP contribution in [0.1, 0.15) is 32.1 Å². The van der Waals surface area contributed by atoms with Crippen LogP contribution < -0.4 is 4.74 Å². The lowest BCUT2D eigenvalue weighted by Gasteiger charge is -2.17. The zero-order chi connectivity index (χ0) is 20.4. The van der Waals surface area contributed by atoms with E-state index in [-0.39, 0.29) is 37.1 Å².